The van der Waals surface area contributed by atoms with Gasteiger partial charge in [0.1, 0.15) is 5.75 Å². The number of imidazole rings is 1. The average Bonchev–Trinajstić information content (AvgIpc) is 3.13. The molecule has 0 amide bonds. The summed E-state index contributed by atoms with van der Waals surface area (Å²) in [5, 5.41) is 0. The van der Waals surface area contributed by atoms with E-state index in [9.17, 15) is 0 Å². The van der Waals surface area contributed by atoms with Gasteiger partial charge in [0, 0.05) is 5.69 Å². The molecule has 0 aliphatic heterocycles. The van der Waals surface area contributed by atoms with Crippen molar-refractivity contribution in [2.45, 2.75) is 6.92 Å². The van der Waals surface area contributed by atoms with E-state index in [2.05, 4.69) is 25.4 Å². The lowest BCUT2D eigenvalue weighted by atomic mass is 10.1. The number of hydrogen-bond donors (Lipinski definition) is 1. The van der Waals surface area contributed by atoms with E-state index in [0.29, 0.717) is 0 Å². The van der Waals surface area contributed by atoms with E-state index in [0.717, 1.165) is 39.4 Å². The fourth-order valence-corrected chi connectivity index (χ4v) is 2.61. The van der Waals surface area contributed by atoms with E-state index < -0.39 is 0 Å². The molecule has 3 heterocycles. The molecule has 0 radical (unpaired) electrons. The number of nitrogens with one attached hydrogen (secondary N) is 1. The largest absolute Gasteiger partial charge is 0.497 e. The van der Waals surface area contributed by atoms with Crippen LogP contribution in [0.5, 0.6) is 5.75 Å². The van der Waals surface area contributed by atoms with Crippen molar-refractivity contribution < 1.29 is 4.74 Å². The molecule has 4 rings (SSSR count). The van der Waals surface area contributed by atoms with Crippen LogP contribution in [0.25, 0.3) is 27.9 Å². The third-order valence-corrected chi connectivity index (χ3v) is 3.73. The molecule has 1 N–H and O–H groups in total. The van der Waals surface area contributed by atoms with Gasteiger partial charge in [-0.05, 0) is 42.8 Å². The van der Waals surface area contributed by atoms with E-state index >= 15 is 0 Å². The van der Waals surface area contributed by atoms with Gasteiger partial charge in [0.15, 0.2) is 5.65 Å². The number of H-pyrrole nitrogens is 1. The number of nitrogens with zero attached hydrogens (tertiary/aromatic N) is 3. The molecular formula is C16H14N4O. The maximum Gasteiger partial charge on any atom is 0.155 e. The number of aromatic amines is 1. The quantitative estimate of drug-likeness (QED) is 0.612. The monoisotopic (exact) mass is 278 g/mol. The van der Waals surface area contributed by atoms with Gasteiger partial charge in [-0.2, -0.15) is 0 Å². The second-order valence-corrected chi connectivity index (χ2v) is 4.99. The van der Waals surface area contributed by atoms with Gasteiger partial charge >= 0.3 is 0 Å². The third-order valence-electron chi connectivity index (χ3n) is 3.73. The molecule has 0 spiro atoms. The fourth-order valence-electron chi connectivity index (χ4n) is 2.61. The maximum absolute atomic E-state index is 5.19. The minimum Gasteiger partial charge on any atom is -0.497 e. The Labute approximate surface area is 121 Å². The molecule has 5 heteroatoms. The zero-order valence-corrected chi connectivity index (χ0v) is 11.8. The molecule has 5 nitrogen and oxygen atoms in total. The van der Waals surface area contributed by atoms with Crippen molar-refractivity contribution >= 4 is 16.7 Å². The number of ether oxygens (including phenoxy) is 1. The van der Waals surface area contributed by atoms with Gasteiger partial charge < -0.3 is 9.72 Å². The van der Waals surface area contributed by atoms with Crippen LogP contribution in [0.4, 0.5) is 0 Å². The van der Waals surface area contributed by atoms with Crippen LogP contribution in [0.2, 0.25) is 0 Å². The molecule has 0 unspecified atom stereocenters. The molecule has 0 atom stereocenters. The summed E-state index contributed by atoms with van der Waals surface area (Å²) in [5.41, 5.74) is 6.01. The van der Waals surface area contributed by atoms with E-state index in [1.54, 1.807) is 7.11 Å². The number of methoxy groups -OCH3 is 1. The fraction of sp³-hybridized carbons (Fsp3) is 0.125. The minimum absolute atomic E-state index is 0.848. The van der Waals surface area contributed by atoms with Gasteiger partial charge in [0.05, 0.1) is 36.4 Å². The maximum atomic E-state index is 5.19. The van der Waals surface area contributed by atoms with E-state index in [-0.39, 0.29) is 0 Å². The highest BCUT2D eigenvalue weighted by atomic mass is 16.5. The molecular weight excluding hydrogens is 264 g/mol. The van der Waals surface area contributed by atoms with Crippen LogP contribution in [-0.2, 0) is 0 Å². The number of aryl methyl sites for hydroxylation is 1. The van der Waals surface area contributed by atoms with Gasteiger partial charge in [0.25, 0.3) is 0 Å². The lowest BCUT2D eigenvalue weighted by Gasteiger charge is -2.00. The number of benzene rings is 1. The summed E-state index contributed by atoms with van der Waals surface area (Å²) in [7, 11) is 1.67. The van der Waals surface area contributed by atoms with Crippen LogP contribution >= 0.6 is 0 Å². The second-order valence-electron chi connectivity index (χ2n) is 4.99. The van der Waals surface area contributed by atoms with Gasteiger partial charge in [-0.1, -0.05) is 0 Å². The molecule has 0 bridgehead atoms. The summed E-state index contributed by atoms with van der Waals surface area (Å²) < 4.78 is 7.25. The van der Waals surface area contributed by atoms with Crippen molar-refractivity contribution in [2.75, 3.05) is 7.11 Å². The van der Waals surface area contributed by atoms with Crippen LogP contribution in [0.1, 0.15) is 5.69 Å². The summed E-state index contributed by atoms with van der Waals surface area (Å²) in [6, 6.07) is 10.1. The Kier molecular flexibility index (Phi) is 2.47. The zero-order chi connectivity index (χ0) is 14.4. The first-order valence-electron chi connectivity index (χ1n) is 6.72. The molecule has 4 aromatic rings. The van der Waals surface area contributed by atoms with Crippen molar-refractivity contribution in [3.63, 3.8) is 0 Å². The van der Waals surface area contributed by atoms with Gasteiger partial charge in [-0.25, -0.2) is 9.97 Å². The van der Waals surface area contributed by atoms with E-state index in [4.69, 9.17) is 4.74 Å². The zero-order valence-electron chi connectivity index (χ0n) is 11.8. The van der Waals surface area contributed by atoms with Gasteiger partial charge in [0.2, 0.25) is 0 Å². The van der Waals surface area contributed by atoms with Crippen LogP contribution in [0, 0.1) is 6.92 Å². The molecule has 0 aliphatic rings. The highest BCUT2D eigenvalue weighted by molar-refractivity contribution is 5.83. The molecule has 0 saturated heterocycles. The van der Waals surface area contributed by atoms with Gasteiger partial charge in [-0.3, -0.25) is 4.40 Å². The van der Waals surface area contributed by atoms with Crippen molar-refractivity contribution in [2.24, 2.45) is 0 Å². The van der Waals surface area contributed by atoms with E-state index in [1.807, 2.05) is 43.7 Å². The Morgan fingerprint density at radius 2 is 1.95 bits per heavy atom. The van der Waals surface area contributed by atoms with Crippen LogP contribution in [0.15, 0.2) is 42.9 Å². The Balaban J connectivity index is 1.93. The molecule has 0 aliphatic carbocycles. The summed E-state index contributed by atoms with van der Waals surface area (Å²) in [6.07, 6.45) is 3.65. The molecule has 104 valence electrons. The first kappa shape index (κ1) is 12.0. The summed E-state index contributed by atoms with van der Waals surface area (Å²) >= 11 is 0. The van der Waals surface area contributed by atoms with Crippen molar-refractivity contribution in [3.05, 3.63) is 48.5 Å². The number of rotatable bonds is 2. The van der Waals surface area contributed by atoms with Crippen LogP contribution in [0.3, 0.4) is 0 Å². The van der Waals surface area contributed by atoms with Crippen LogP contribution in [-0.4, -0.2) is 26.5 Å². The second kappa shape index (κ2) is 4.34. The topological polar surface area (TPSA) is 55.2 Å². The lowest BCUT2D eigenvalue weighted by Crippen LogP contribution is -1.91. The van der Waals surface area contributed by atoms with Crippen LogP contribution < -0.4 is 4.74 Å². The highest BCUT2D eigenvalue weighted by Gasteiger charge is 2.10. The third kappa shape index (κ3) is 1.78. The Bertz CT molecular complexity index is 934. The predicted octanol–water partition coefficient (Wildman–Crippen LogP) is 3.19. The summed E-state index contributed by atoms with van der Waals surface area (Å²) in [4.78, 5) is 12.2. The van der Waals surface area contributed by atoms with Crippen molar-refractivity contribution in [3.8, 4) is 17.0 Å². The normalized spacial score (nSPS) is 11.3. The van der Waals surface area contributed by atoms with Crippen molar-refractivity contribution in [1.29, 1.82) is 0 Å². The smallest absolute Gasteiger partial charge is 0.155 e. The Hall–Kier alpha value is -2.82. The summed E-state index contributed by atoms with van der Waals surface area (Å²) in [5.74, 6) is 0.848. The molecule has 1 aromatic carbocycles. The highest BCUT2D eigenvalue weighted by Crippen LogP contribution is 2.26. The standard InChI is InChI=1S/C16H14N4O/c1-10-15-8-17-9-20(15)14-7-13(19-16(14)18-10)11-3-5-12(21-2)6-4-11/h3-9,19H,1-2H3. The Morgan fingerprint density at radius 3 is 2.71 bits per heavy atom. The number of aromatic nitrogens is 4. The first-order valence-corrected chi connectivity index (χ1v) is 6.72. The van der Waals surface area contributed by atoms with Gasteiger partial charge in [-0.15, -0.1) is 0 Å². The first-order chi connectivity index (χ1) is 10.3. The molecule has 0 fully saturated rings. The minimum atomic E-state index is 0.848. The predicted molar refractivity (Wildman–Crippen MR) is 81.6 cm³/mol. The number of fused-ring (bicyclic) bond motifs is 3. The lowest BCUT2D eigenvalue weighted by molar-refractivity contribution is 0.415. The number of hydrogen-bond acceptors (Lipinski definition) is 3. The Morgan fingerprint density at radius 1 is 1.14 bits per heavy atom. The molecule has 0 saturated carbocycles. The van der Waals surface area contributed by atoms with E-state index in [1.165, 1.54) is 0 Å². The molecule has 21 heavy (non-hydrogen) atoms. The average molecular weight is 278 g/mol. The summed E-state index contributed by atoms with van der Waals surface area (Å²) in [6.45, 7) is 1.99. The molecule has 3 aromatic heterocycles. The van der Waals surface area contributed by atoms with Crippen molar-refractivity contribution in [1.82, 2.24) is 19.4 Å². The SMILES string of the molecule is COc1ccc(-c2cc3c(nc(C)c4cncn43)[nH]2)cc1.